The van der Waals surface area contributed by atoms with Crippen LogP contribution in [0.25, 0.3) is 0 Å². The zero-order valence-electron chi connectivity index (χ0n) is 10.4. The Hall–Kier alpha value is -1.23. The number of aliphatic hydroxyl groups is 1. The van der Waals surface area contributed by atoms with Gasteiger partial charge in [0.2, 0.25) is 0 Å². The van der Waals surface area contributed by atoms with E-state index in [1.54, 1.807) is 0 Å². The second-order valence-corrected chi connectivity index (χ2v) is 5.27. The number of aliphatic hydroxyl groups excluding tert-OH is 1. The maximum absolute atomic E-state index is 13.2. The minimum Gasteiger partial charge on any atom is -0.392 e. The van der Waals surface area contributed by atoms with E-state index in [0.717, 1.165) is 21.2 Å². The van der Waals surface area contributed by atoms with Gasteiger partial charge in [0.1, 0.15) is 5.82 Å². The van der Waals surface area contributed by atoms with Crippen LogP contribution in [0.3, 0.4) is 0 Å². The van der Waals surface area contributed by atoms with Crippen molar-refractivity contribution < 1.29 is 9.50 Å². The Balaban J connectivity index is 1.88. The summed E-state index contributed by atoms with van der Waals surface area (Å²) in [6.45, 7) is 1.38. The van der Waals surface area contributed by atoms with Crippen molar-refractivity contribution in [2.45, 2.75) is 19.7 Å². The number of nitrogens with one attached hydrogen (secondary N) is 1. The van der Waals surface area contributed by atoms with Crippen LogP contribution in [0.15, 0.2) is 46.9 Å². The zero-order valence-corrected chi connectivity index (χ0v) is 12.0. The van der Waals surface area contributed by atoms with Crippen molar-refractivity contribution in [3.63, 3.8) is 0 Å². The van der Waals surface area contributed by atoms with E-state index in [2.05, 4.69) is 21.2 Å². The lowest BCUT2D eigenvalue weighted by molar-refractivity contribution is 0.282. The summed E-state index contributed by atoms with van der Waals surface area (Å²) < 4.78 is 13.9. The highest BCUT2D eigenvalue weighted by Crippen LogP contribution is 2.15. The fraction of sp³-hybridized carbons (Fsp3) is 0.200. The Morgan fingerprint density at radius 2 is 1.58 bits per heavy atom. The van der Waals surface area contributed by atoms with Gasteiger partial charge < -0.3 is 10.4 Å². The van der Waals surface area contributed by atoms with Gasteiger partial charge in [0, 0.05) is 17.6 Å². The molecule has 0 aliphatic heterocycles. The molecule has 19 heavy (non-hydrogen) atoms. The quantitative estimate of drug-likeness (QED) is 0.884. The second kappa shape index (κ2) is 6.80. The van der Waals surface area contributed by atoms with Gasteiger partial charge in [-0.1, -0.05) is 40.2 Å². The first-order valence-corrected chi connectivity index (χ1v) is 6.81. The Morgan fingerprint density at radius 1 is 0.947 bits per heavy atom. The first-order chi connectivity index (χ1) is 9.17. The summed E-state index contributed by atoms with van der Waals surface area (Å²) in [6.07, 6.45) is 0. The summed E-state index contributed by atoms with van der Waals surface area (Å²) >= 11 is 3.27. The van der Waals surface area contributed by atoms with Gasteiger partial charge in [-0.15, -0.1) is 0 Å². The van der Waals surface area contributed by atoms with Crippen LogP contribution < -0.4 is 5.32 Å². The molecule has 0 atom stereocenters. The average molecular weight is 324 g/mol. The molecule has 0 spiro atoms. The maximum Gasteiger partial charge on any atom is 0.124 e. The molecule has 0 aliphatic carbocycles. The van der Waals surface area contributed by atoms with Crippen LogP contribution in [0.2, 0.25) is 0 Å². The number of benzene rings is 2. The molecule has 0 aliphatic rings. The molecule has 0 saturated heterocycles. The van der Waals surface area contributed by atoms with Crippen LogP contribution in [0, 0.1) is 5.82 Å². The molecule has 4 heteroatoms. The van der Waals surface area contributed by atoms with Crippen molar-refractivity contribution >= 4 is 15.9 Å². The average Bonchev–Trinajstić information content (AvgIpc) is 2.38. The van der Waals surface area contributed by atoms with Crippen LogP contribution >= 0.6 is 15.9 Å². The Labute approximate surface area is 120 Å². The largest absolute Gasteiger partial charge is 0.392 e. The van der Waals surface area contributed by atoms with E-state index in [-0.39, 0.29) is 12.4 Å². The highest BCUT2D eigenvalue weighted by molar-refractivity contribution is 9.10. The van der Waals surface area contributed by atoms with Crippen LogP contribution in [-0.2, 0) is 19.7 Å². The molecular weight excluding hydrogens is 309 g/mol. The first kappa shape index (κ1) is 14.2. The summed E-state index contributed by atoms with van der Waals surface area (Å²) in [5.41, 5.74) is 2.93. The maximum atomic E-state index is 13.2. The lowest BCUT2D eigenvalue weighted by Crippen LogP contribution is -2.12. The topological polar surface area (TPSA) is 32.3 Å². The lowest BCUT2D eigenvalue weighted by atomic mass is 10.1. The Morgan fingerprint density at radius 3 is 2.21 bits per heavy atom. The summed E-state index contributed by atoms with van der Waals surface area (Å²) in [7, 11) is 0. The fourth-order valence-corrected chi connectivity index (χ4v) is 2.34. The van der Waals surface area contributed by atoms with E-state index in [0.29, 0.717) is 13.1 Å². The summed E-state index contributed by atoms with van der Waals surface area (Å²) in [4.78, 5) is 0. The molecule has 0 radical (unpaired) electrons. The molecule has 0 aromatic heterocycles. The highest BCUT2D eigenvalue weighted by atomic mass is 79.9. The number of halogens is 2. The predicted molar refractivity (Wildman–Crippen MR) is 77.0 cm³/mol. The number of hydrogen-bond acceptors (Lipinski definition) is 2. The molecule has 0 amide bonds. The molecule has 0 fully saturated rings. The second-order valence-electron chi connectivity index (χ2n) is 4.36. The van der Waals surface area contributed by atoms with Gasteiger partial charge in [0.05, 0.1) is 6.61 Å². The van der Waals surface area contributed by atoms with Gasteiger partial charge in [0.25, 0.3) is 0 Å². The van der Waals surface area contributed by atoms with Crippen molar-refractivity contribution in [3.05, 3.63) is 69.4 Å². The van der Waals surface area contributed by atoms with Gasteiger partial charge >= 0.3 is 0 Å². The van der Waals surface area contributed by atoms with Gasteiger partial charge in [0.15, 0.2) is 0 Å². The molecular formula is C15H15BrFNO. The Bertz CT molecular complexity index is 522. The van der Waals surface area contributed by atoms with Crippen LogP contribution in [-0.4, -0.2) is 5.11 Å². The first-order valence-electron chi connectivity index (χ1n) is 6.02. The summed E-state index contributed by atoms with van der Waals surface area (Å²) in [6, 6.07) is 12.6. The van der Waals surface area contributed by atoms with Crippen molar-refractivity contribution in [2.75, 3.05) is 0 Å². The third-order valence-electron chi connectivity index (χ3n) is 2.79. The minimum absolute atomic E-state index is 0.0605. The van der Waals surface area contributed by atoms with E-state index < -0.39 is 0 Å². The Kier molecular flexibility index (Phi) is 5.07. The van der Waals surface area contributed by atoms with E-state index in [1.165, 1.54) is 12.1 Å². The van der Waals surface area contributed by atoms with Crippen molar-refractivity contribution in [3.8, 4) is 0 Å². The monoisotopic (exact) mass is 323 g/mol. The molecule has 0 bridgehead atoms. The van der Waals surface area contributed by atoms with Gasteiger partial charge in [-0.3, -0.25) is 0 Å². The third kappa shape index (κ3) is 4.42. The predicted octanol–water partition coefficient (Wildman–Crippen LogP) is 3.37. The highest BCUT2D eigenvalue weighted by Gasteiger charge is 1.99. The van der Waals surface area contributed by atoms with E-state index in [9.17, 15) is 4.39 Å². The van der Waals surface area contributed by atoms with E-state index in [4.69, 9.17) is 5.11 Å². The standard InChI is InChI=1S/C15H15BrFNO/c16-14-5-13(6-15(17)7-14)9-18-8-11-1-3-12(10-19)4-2-11/h1-7,18-19H,8-10H2. The van der Waals surface area contributed by atoms with Crippen LogP contribution in [0.1, 0.15) is 16.7 Å². The van der Waals surface area contributed by atoms with Crippen molar-refractivity contribution in [1.29, 1.82) is 0 Å². The minimum atomic E-state index is -0.238. The van der Waals surface area contributed by atoms with E-state index >= 15 is 0 Å². The van der Waals surface area contributed by atoms with Crippen LogP contribution in [0.5, 0.6) is 0 Å². The molecule has 2 aromatic rings. The van der Waals surface area contributed by atoms with Crippen molar-refractivity contribution in [2.24, 2.45) is 0 Å². The van der Waals surface area contributed by atoms with Crippen LogP contribution in [0.4, 0.5) is 4.39 Å². The van der Waals surface area contributed by atoms with E-state index in [1.807, 2.05) is 30.3 Å². The lowest BCUT2D eigenvalue weighted by Gasteiger charge is -2.06. The molecule has 100 valence electrons. The number of hydrogen-bond donors (Lipinski definition) is 2. The van der Waals surface area contributed by atoms with Gasteiger partial charge in [-0.2, -0.15) is 0 Å². The molecule has 2 aromatic carbocycles. The zero-order chi connectivity index (χ0) is 13.7. The summed E-state index contributed by atoms with van der Waals surface area (Å²) in [5, 5.41) is 12.2. The van der Waals surface area contributed by atoms with Gasteiger partial charge in [-0.25, -0.2) is 4.39 Å². The van der Waals surface area contributed by atoms with Crippen molar-refractivity contribution in [1.82, 2.24) is 5.32 Å². The molecule has 0 saturated carbocycles. The normalized spacial score (nSPS) is 10.7. The smallest absolute Gasteiger partial charge is 0.124 e. The SMILES string of the molecule is OCc1ccc(CNCc2cc(F)cc(Br)c2)cc1. The molecule has 0 unspecified atom stereocenters. The van der Waals surface area contributed by atoms with Gasteiger partial charge in [-0.05, 0) is 34.9 Å². The summed E-state index contributed by atoms with van der Waals surface area (Å²) in [5.74, 6) is -0.238. The number of rotatable bonds is 5. The fourth-order valence-electron chi connectivity index (χ4n) is 1.83. The molecule has 2 N–H and O–H groups in total. The molecule has 0 heterocycles. The third-order valence-corrected chi connectivity index (χ3v) is 3.24. The molecule has 2 nitrogen and oxygen atoms in total. The molecule has 2 rings (SSSR count).